The first-order valence-corrected chi connectivity index (χ1v) is 17.5. The van der Waals surface area contributed by atoms with Crippen LogP contribution in [-0.2, 0) is 34.7 Å². The zero-order valence-corrected chi connectivity index (χ0v) is 31.5. The molecule has 258 valence electrons. The van der Waals surface area contributed by atoms with E-state index in [1.54, 1.807) is 0 Å². The maximum Gasteiger partial charge on any atom is 0.123 e. The molecule has 4 N–H and O–H groups in total. The average molecular weight is 649 g/mol. The molecule has 0 aliphatic carbocycles. The lowest BCUT2D eigenvalue weighted by atomic mass is 9.78. The van der Waals surface area contributed by atoms with Gasteiger partial charge in [-0.15, -0.1) is 0 Å². The molecular weight excluding hydrogens is 588 g/mol. The van der Waals surface area contributed by atoms with Gasteiger partial charge in [0.05, 0.1) is 12.1 Å². The fraction of sp³-hybridized carbons (Fsp3) is 0.455. The van der Waals surface area contributed by atoms with Crippen molar-refractivity contribution in [3.63, 3.8) is 0 Å². The Morgan fingerprint density at radius 3 is 1.04 bits per heavy atom. The number of hydrogen-bond donors (Lipinski definition) is 4. The summed E-state index contributed by atoms with van der Waals surface area (Å²) in [5.41, 5.74) is 7.87. The zero-order chi connectivity index (χ0) is 35.7. The highest BCUT2D eigenvalue weighted by Crippen LogP contribution is 2.40. The molecule has 1 unspecified atom stereocenters. The van der Waals surface area contributed by atoms with Crippen LogP contribution in [0.3, 0.4) is 0 Å². The third-order valence-electron chi connectivity index (χ3n) is 9.40. The average Bonchev–Trinajstić information content (AvgIpc) is 2.98. The minimum atomic E-state index is -0.206. The number of phenolic OH excluding ortho intramolecular Hbond substituents is 2. The number of aromatic hydroxyl groups is 2. The summed E-state index contributed by atoms with van der Waals surface area (Å²) in [6, 6.07) is 29.4. The van der Waals surface area contributed by atoms with Gasteiger partial charge in [-0.25, -0.2) is 0 Å². The molecule has 0 radical (unpaired) electrons. The summed E-state index contributed by atoms with van der Waals surface area (Å²) in [5.74, 6) is 0.718. The van der Waals surface area contributed by atoms with E-state index >= 15 is 0 Å². The summed E-state index contributed by atoms with van der Waals surface area (Å²) >= 11 is 0. The van der Waals surface area contributed by atoms with Gasteiger partial charge >= 0.3 is 0 Å². The molecule has 0 saturated carbocycles. The van der Waals surface area contributed by atoms with Crippen molar-refractivity contribution in [2.24, 2.45) is 0 Å². The summed E-state index contributed by atoms with van der Waals surface area (Å²) < 4.78 is 0. The first-order chi connectivity index (χ1) is 22.2. The van der Waals surface area contributed by atoms with Crippen molar-refractivity contribution in [1.82, 2.24) is 10.6 Å². The van der Waals surface area contributed by atoms with Crippen LogP contribution in [0.1, 0.15) is 140 Å². The van der Waals surface area contributed by atoms with Crippen molar-refractivity contribution in [1.29, 1.82) is 0 Å². The van der Waals surface area contributed by atoms with E-state index in [0.717, 1.165) is 33.4 Å². The summed E-state index contributed by atoms with van der Waals surface area (Å²) in [5, 5.41) is 31.0. The number of nitrogens with one attached hydrogen (secondary N) is 2. The van der Waals surface area contributed by atoms with E-state index in [2.05, 4.69) is 167 Å². The molecule has 0 amide bonds. The van der Waals surface area contributed by atoms with Crippen molar-refractivity contribution in [3.05, 3.63) is 129 Å². The van der Waals surface area contributed by atoms with Crippen LogP contribution in [-0.4, -0.2) is 10.2 Å². The predicted octanol–water partition coefficient (Wildman–Crippen LogP) is 10.6. The lowest BCUT2D eigenvalue weighted by molar-refractivity contribution is 0.369. The largest absolute Gasteiger partial charge is 0.507 e. The summed E-state index contributed by atoms with van der Waals surface area (Å²) in [7, 11) is 0. The van der Waals surface area contributed by atoms with Gasteiger partial charge in [-0.1, -0.05) is 168 Å². The molecule has 0 bridgehead atoms. The van der Waals surface area contributed by atoms with Gasteiger partial charge in [-0.05, 0) is 55.0 Å². The maximum atomic E-state index is 11.6. The van der Waals surface area contributed by atoms with Crippen LogP contribution in [0.4, 0.5) is 0 Å². The standard InChI is InChI=1S/C44H60N2O2/c1-41(2,3)33-23-31(39(47)35(25-33)43(7,8)9)27-45-37(29-19-15-13-16-20-29)38(30-21-17-14-18-22-30)46-28-32-24-34(42(4,5)6)26-36(40(32)48)44(10,11)12/h13-26,37-38,45-48H,27-28H2,1-12H3/t37-,38?/m1/s1. The molecule has 4 aromatic rings. The van der Waals surface area contributed by atoms with Crippen LogP contribution in [0.15, 0.2) is 84.9 Å². The van der Waals surface area contributed by atoms with Crippen LogP contribution in [0, 0.1) is 0 Å². The molecule has 0 spiro atoms. The Kier molecular flexibility index (Phi) is 10.9. The topological polar surface area (TPSA) is 64.5 Å². The fourth-order valence-corrected chi connectivity index (χ4v) is 6.28. The SMILES string of the molecule is CC(C)(C)c1cc(CNC(c2ccccc2)[C@H](NCc2cc(C(C)(C)C)cc(C(C)(C)C)c2O)c2ccccc2)c(O)c(C(C)(C)C)c1. The number of rotatable bonds is 9. The maximum absolute atomic E-state index is 11.6. The lowest BCUT2D eigenvalue weighted by Gasteiger charge is -2.32. The second-order valence-electron chi connectivity index (χ2n) is 17.6. The molecule has 4 rings (SSSR count). The van der Waals surface area contributed by atoms with E-state index in [0.29, 0.717) is 24.6 Å². The Morgan fingerprint density at radius 1 is 0.458 bits per heavy atom. The summed E-state index contributed by atoms with van der Waals surface area (Å²) in [6.07, 6.45) is 0. The summed E-state index contributed by atoms with van der Waals surface area (Å²) in [4.78, 5) is 0. The van der Waals surface area contributed by atoms with Gasteiger partial charge in [0.15, 0.2) is 0 Å². The normalized spacial score (nSPS) is 14.2. The van der Waals surface area contributed by atoms with Crippen molar-refractivity contribution in [2.75, 3.05) is 0 Å². The van der Waals surface area contributed by atoms with Crippen molar-refractivity contribution < 1.29 is 10.2 Å². The first-order valence-electron chi connectivity index (χ1n) is 17.5. The number of benzene rings is 4. The molecule has 2 atom stereocenters. The Morgan fingerprint density at radius 2 is 0.771 bits per heavy atom. The second-order valence-corrected chi connectivity index (χ2v) is 17.6. The second kappa shape index (κ2) is 14.1. The quantitative estimate of drug-likeness (QED) is 0.146. The van der Waals surface area contributed by atoms with E-state index < -0.39 is 0 Å². The molecule has 0 saturated heterocycles. The minimum Gasteiger partial charge on any atom is -0.507 e. The van der Waals surface area contributed by atoms with Crippen molar-refractivity contribution >= 4 is 0 Å². The molecule has 0 fully saturated rings. The monoisotopic (exact) mass is 648 g/mol. The van der Waals surface area contributed by atoms with Crippen LogP contribution < -0.4 is 10.6 Å². The van der Waals surface area contributed by atoms with Gasteiger partial charge in [0, 0.05) is 24.2 Å². The molecule has 4 nitrogen and oxygen atoms in total. The highest BCUT2D eigenvalue weighted by molar-refractivity contribution is 5.50. The van der Waals surface area contributed by atoms with Crippen LogP contribution >= 0.6 is 0 Å². The van der Waals surface area contributed by atoms with Crippen molar-refractivity contribution in [3.8, 4) is 11.5 Å². The third-order valence-corrected chi connectivity index (χ3v) is 9.40. The van der Waals surface area contributed by atoms with E-state index in [-0.39, 0.29) is 33.7 Å². The minimum absolute atomic E-state index is 0.0646. The van der Waals surface area contributed by atoms with Crippen molar-refractivity contribution in [2.45, 2.75) is 130 Å². The van der Waals surface area contributed by atoms with Gasteiger partial charge in [-0.2, -0.15) is 0 Å². The first kappa shape index (κ1) is 37.2. The van der Waals surface area contributed by atoms with E-state index in [1.807, 2.05) is 12.1 Å². The van der Waals surface area contributed by atoms with Gasteiger partial charge in [-0.3, -0.25) is 0 Å². The Bertz CT molecular complexity index is 1540. The van der Waals surface area contributed by atoms with E-state index in [4.69, 9.17) is 0 Å². The van der Waals surface area contributed by atoms with Gasteiger partial charge in [0.1, 0.15) is 11.5 Å². The van der Waals surface area contributed by atoms with E-state index in [1.165, 1.54) is 11.1 Å². The Hall–Kier alpha value is -3.60. The van der Waals surface area contributed by atoms with Crippen LogP contribution in [0.5, 0.6) is 11.5 Å². The Balaban J connectivity index is 1.80. The highest BCUT2D eigenvalue weighted by atomic mass is 16.3. The van der Waals surface area contributed by atoms with Gasteiger partial charge in [0.2, 0.25) is 0 Å². The lowest BCUT2D eigenvalue weighted by Crippen LogP contribution is -2.35. The predicted molar refractivity (Wildman–Crippen MR) is 203 cm³/mol. The van der Waals surface area contributed by atoms with E-state index in [9.17, 15) is 10.2 Å². The van der Waals surface area contributed by atoms with Crippen LogP contribution in [0.2, 0.25) is 0 Å². The number of hydrogen-bond acceptors (Lipinski definition) is 4. The molecule has 0 heterocycles. The summed E-state index contributed by atoms with van der Waals surface area (Å²) in [6.45, 7) is 27.2. The molecule has 0 aliphatic heterocycles. The smallest absolute Gasteiger partial charge is 0.123 e. The molecule has 4 aromatic carbocycles. The molecule has 48 heavy (non-hydrogen) atoms. The highest BCUT2D eigenvalue weighted by Gasteiger charge is 2.29. The molecule has 0 aliphatic rings. The van der Waals surface area contributed by atoms with Crippen LogP contribution in [0.25, 0.3) is 0 Å². The van der Waals surface area contributed by atoms with Gasteiger partial charge < -0.3 is 20.8 Å². The number of phenols is 2. The zero-order valence-electron chi connectivity index (χ0n) is 31.5. The third kappa shape index (κ3) is 8.89. The van der Waals surface area contributed by atoms with Gasteiger partial charge in [0.25, 0.3) is 0 Å². The molecule has 4 heteroatoms. The molecular formula is C44H60N2O2. The molecule has 0 aromatic heterocycles. The Labute approximate surface area is 291 Å². The fourth-order valence-electron chi connectivity index (χ4n) is 6.28.